The quantitative estimate of drug-likeness (QED) is 0.846. The van der Waals surface area contributed by atoms with Gasteiger partial charge in [-0.3, -0.25) is 4.79 Å². The molecular formula is C18H25N3O2. The molecule has 1 aliphatic carbocycles. The van der Waals surface area contributed by atoms with Crippen LogP contribution in [-0.2, 0) is 4.79 Å². The van der Waals surface area contributed by atoms with Crippen LogP contribution in [0.2, 0.25) is 0 Å². The van der Waals surface area contributed by atoms with E-state index in [-0.39, 0.29) is 24.0 Å². The average molecular weight is 315 g/mol. The summed E-state index contributed by atoms with van der Waals surface area (Å²) >= 11 is 0. The van der Waals surface area contributed by atoms with Crippen molar-refractivity contribution in [3.8, 4) is 11.8 Å². The number of hydrogen-bond donors (Lipinski definition) is 2. The number of nitriles is 1. The molecule has 1 unspecified atom stereocenters. The van der Waals surface area contributed by atoms with Gasteiger partial charge in [-0.05, 0) is 70.7 Å². The van der Waals surface area contributed by atoms with E-state index >= 15 is 0 Å². The van der Waals surface area contributed by atoms with Crippen molar-refractivity contribution in [3.63, 3.8) is 0 Å². The van der Waals surface area contributed by atoms with E-state index in [1.807, 2.05) is 45.0 Å². The van der Waals surface area contributed by atoms with Gasteiger partial charge in [0.15, 0.2) is 0 Å². The Morgan fingerprint density at radius 2 is 1.87 bits per heavy atom. The molecule has 0 saturated heterocycles. The van der Waals surface area contributed by atoms with Gasteiger partial charge in [-0.15, -0.1) is 0 Å². The summed E-state index contributed by atoms with van der Waals surface area (Å²) in [4.78, 5) is 12.0. The fraction of sp³-hybridized carbons (Fsp3) is 0.556. The monoisotopic (exact) mass is 315 g/mol. The third-order valence-electron chi connectivity index (χ3n) is 3.76. The van der Waals surface area contributed by atoms with E-state index in [9.17, 15) is 10.1 Å². The topological polar surface area (TPSA) is 74.2 Å². The highest BCUT2D eigenvalue weighted by molar-refractivity contribution is 5.82. The Morgan fingerprint density at radius 1 is 1.26 bits per heavy atom. The molecule has 2 N–H and O–H groups in total. The molecule has 1 aromatic rings. The number of nitrogens with zero attached hydrogens (tertiary/aromatic N) is 1. The van der Waals surface area contributed by atoms with Crippen LogP contribution in [0.15, 0.2) is 24.3 Å². The molecule has 5 nitrogen and oxygen atoms in total. The summed E-state index contributed by atoms with van der Waals surface area (Å²) < 4.78 is 5.75. The Bertz CT molecular complexity index is 594. The first kappa shape index (κ1) is 17.1. The molecule has 2 rings (SSSR count). The van der Waals surface area contributed by atoms with Crippen LogP contribution in [-0.4, -0.2) is 23.6 Å². The number of hydrogen-bond acceptors (Lipinski definition) is 4. The Hall–Kier alpha value is -2.22. The summed E-state index contributed by atoms with van der Waals surface area (Å²) in [5.41, 5.74) is -0.144. The first-order valence-corrected chi connectivity index (χ1v) is 7.97. The Balaban J connectivity index is 1.83. The van der Waals surface area contributed by atoms with Crippen LogP contribution in [0.4, 0.5) is 5.69 Å². The van der Waals surface area contributed by atoms with Crippen molar-refractivity contribution in [1.82, 2.24) is 5.32 Å². The summed E-state index contributed by atoms with van der Waals surface area (Å²) in [6, 6.07) is 9.71. The van der Waals surface area contributed by atoms with Crippen LogP contribution in [0.1, 0.15) is 40.5 Å². The van der Waals surface area contributed by atoms with Crippen LogP contribution in [0.25, 0.3) is 0 Å². The van der Waals surface area contributed by atoms with Crippen LogP contribution >= 0.6 is 0 Å². The zero-order valence-corrected chi connectivity index (χ0v) is 14.3. The van der Waals surface area contributed by atoms with Crippen LogP contribution in [0, 0.1) is 17.2 Å². The minimum absolute atomic E-state index is 0.142. The maximum Gasteiger partial charge on any atom is 0.240 e. The number of ether oxygens (including phenoxy) is 1. The largest absolute Gasteiger partial charge is 0.488 e. The molecule has 1 fully saturated rings. The highest BCUT2D eigenvalue weighted by Crippen LogP contribution is 2.39. The molecule has 23 heavy (non-hydrogen) atoms. The second-order valence-corrected chi connectivity index (χ2v) is 7.23. The average Bonchev–Trinajstić information content (AvgIpc) is 3.30. The van der Waals surface area contributed by atoms with Gasteiger partial charge in [0.1, 0.15) is 16.9 Å². The molecule has 0 aliphatic heterocycles. The number of carbonyl (C=O) groups is 1. The van der Waals surface area contributed by atoms with Gasteiger partial charge in [0.05, 0.1) is 12.6 Å². The third kappa shape index (κ3) is 5.17. The maximum absolute atomic E-state index is 12.0. The molecular weight excluding hydrogens is 290 g/mol. The van der Waals surface area contributed by atoms with Crippen molar-refractivity contribution >= 4 is 11.6 Å². The molecule has 0 heterocycles. The fourth-order valence-electron chi connectivity index (χ4n) is 2.39. The summed E-state index contributed by atoms with van der Waals surface area (Å²) in [7, 11) is 0. The van der Waals surface area contributed by atoms with Crippen molar-refractivity contribution in [1.29, 1.82) is 5.26 Å². The van der Waals surface area contributed by atoms with Crippen molar-refractivity contribution < 1.29 is 9.53 Å². The SMILES string of the molecule is CC(C)(C)Oc1ccc(NCC(=O)NC(C)(C#N)C2CC2)cc1. The van der Waals surface area contributed by atoms with Gasteiger partial charge in [-0.25, -0.2) is 0 Å². The number of carbonyl (C=O) groups excluding carboxylic acids is 1. The van der Waals surface area contributed by atoms with Gasteiger partial charge >= 0.3 is 0 Å². The lowest BCUT2D eigenvalue weighted by molar-refractivity contribution is -0.120. The molecule has 124 valence electrons. The first-order chi connectivity index (χ1) is 10.7. The van der Waals surface area contributed by atoms with Gasteiger partial charge in [0, 0.05) is 5.69 Å². The molecule has 1 amide bonds. The number of rotatable bonds is 6. The van der Waals surface area contributed by atoms with E-state index in [4.69, 9.17) is 4.74 Å². The molecule has 5 heteroatoms. The number of amides is 1. The minimum atomic E-state index is -0.747. The third-order valence-corrected chi connectivity index (χ3v) is 3.76. The predicted octanol–water partition coefficient (Wildman–Crippen LogP) is 3.08. The second kappa shape index (κ2) is 6.49. The zero-order valence-electron chi connectivity index (χ0n) is 14.3. The number of anilines is 1. The van der Waals surface area contributed by atoms with E-state index < -0.39 is 5.54 Å². The van der Waals surface area contributed by atoms with Crippen molar-refractivity contribution in [3.05, 3.63) is 24.3 Å². The lowest BCUT2D eigenvalue weighted by atomic mass is 9.98. The Labute approximate surface area is 138 Å². The lowest BCUT2D eigenvalue weighted by Crippen LogP contribution is -2.48. The highest BCUT2D eigenvalue weighted by atomic mass is 16.5. The normalized spacial score (nSPS) is 16.8. The Kier molecular flexibility index (Phi) is 4.84. The Morgan fingerprint density at radius 3 is 2.35 bits per heavy atom. The summed E-state index contributed by atoms with van der Waals surface area (Å²) in [6.45, 7) is 7.92. The van der Waals surface area contributed by atoms with E-state index in [0.717, 1.165) is 24.3 Å². The van der Waals surface area contributed by atoms with E-state index in [1.165, 1.54) is 0 Å². The lowest BCUT2D eigenvalue weighted by Gasteiger charge is -2.23. The standard InChI is InChI=1S/C18H25N3O2/c1-17(2,3)23-15-9-7-14(8-10-15)20-11-16(22)21-18(4,12-19)13-5-6-13/h7-10,13,20H,5-6,11H2,1-4H3,(H,21,22). The summed E-state index contributed by atoms with van der Waals surface area (Å²) in [6.07, 6.45) is 2.01. The van der Waals surface area contributed by atoms with Gasteiger partial charge in [-0.1, -0.05) is 0 Å². The molecule has 0 radical (unpaired) electrons. The molecule has 1 aromatic carbocycles. The smallest absolute Gasteiger partial charge is 0.240 e. The number of benzene rings is 1. The van der Waals surface area contributed by atoms with Gasteiger partial charge < -0.3 is 15.4 Å². The van der Waals surface area contributed by atoms with Crippen LogP contribution in [0.5, 0.6) is 5.75 Å². The molecule has 0 aromatic heterocycles. The maximum atomic E-state index is 12.0. The fourth-order valence-corrected chi connectivity index (χ4v) is 2.39. The van der Waals surface area contributed by atoms with Gasteiger partial charge in [-0.2, -0.15) is 5.26 Å². The molecule has 0 spiro atoms. The first-order valence-electron chi connectivity index (χ1n) is 7.97. The zero-order chi connectivity index (χ0) is 17.1. The highest BCUT2D eigenvalue weighted by Gasteiger charge is 2.42. The van der Waals surface area contributed by atoms with Gasteiger partial charge in [0.2, 0.25) is 5.91 Å². The van der Waals surface area contributed by atoms with Crippen LogP contribution < -0.4 is 15.4 Å². The van der Waals surface area contributed by atoms with E-state index in [1.54, 1.807) is 6.92 Å². The molecule has 1 atom stereocenters. The predicted molar refractivity (Wildman–Crippen MR) is 90.2 cm³/mol. The van der Waals surface area contributed by atoms with Crippen molar-refractivity contribution in [2.24, 2.45) is 5.92 Å². The molecule has 1 aliphatic rings. The van der Waals surface area contributed by atoms with Gasteiger partial charge in [0.25, 0.3) is 0 Å². The number of nitrogens with one attached hydrogen (secondary N) is 2. The minimum Gasteiger partial charge on any atom is -0.488 e. The molecule has 1 saturated carbocycles. The van der Waals surface area contributed by atoms with Crippen molar-refractivity contribution in [2.45, 2.75) is 51.7 Å². The molecule has 0 bridgehead atoms. The summed E-state index contributed by atoms with van der Waals surface area (Å²) in [5, 5.41) is 15.1. The second-order valence-electron chi connectivity index (χ2n) is 7.23. The van der Waals surface area contributed by atoms with Crippen LogP contribution in [0.3, 0.4) is 0 Å². The van der Waals surface area contributed by atoms with E-state index in [2.05, 4.69) is 16.7 Å². The van der Waals surface area contributed by atoms with Crippen molar-refractivity contribution in [2.75, 3.05) is 11.9 Å². The van der Waals surface area contributed by atoms with E-state index in [0.29, 0.717) is 0 Å². The summed E-state index contributed by atoms with van der Waals surface area (Å²) in [5.74, 6) is 0.902.